The van der Waals surface area contributed by atoms with E-state index in [0.29, 0.717) is 16.1 Å². The molecule has 1 unspecified atom stereocenters. The van der Waals surface area contributed by atoms with Gasteiger partial charge >= 0.3 is 5.97 Å². The van der Waals surface area contributed by atoms with Crippen LogP contribution in [0.15, 0.2) is 66.7 Å². The highest BCUT2D eigenvalue weighted by atomic mass is 35.5. The second-order valence-electron chi connectivity index (χ2n) is 5.07. The molecule has 2 aromatic rings. The molecule has 1 N–H and O–H groups in total. The molecule has 0 saturated carbocycles. The van der Waals surface area contributed by atoms with E-state index in [2.05, 4.69) is 11.9 Å². The van der Waals surface area contributed by atoms with Crippen molar-refractivity contribution in [3.05, 3.63) is 82.9 Å². The van der Waals surface area contributed by atoms with Gasteiger partial charge in [-0.2, -0.15) is 0 Å². The second-order valence-corrected chi connectivity index (χ2v) is 5.51. The molecule has 0 aromatic heterocycles. The van der Waals surface area contributed by atoms with Crippen molar-refractivity contribution in [3.8, 4) is 0 Å². The van der Waals surface area contributed by atoms with Crippen LogP contribution < -0.4 is 5.32 Å². The van der Waals surface area contributed by atoms with Crippen LogP contribution in [0.5, 0.6) is 0 Å². The van der Waals surface area contributed by atoms with Crippen molar-refractivity contribution in [1.29, 1.82) is 0 Å². The van der Waals surface area contributed by atoms with Crippen LogP contribution in [0.2, 0.25) is 5.02 Å². The maximum absolute atomic E-state index is 12.4. The Balaban J connectivity index is 2.28. The van der Waals surface area contributed by atoms with Crippen molar-refractivity contribution in [2.24, 2.45) is 0 Å². The largest absolute Gasteiger partial charge is 0.463 e. The summed E-state index contributed by atoms with van der Waals surface area (Å²) in [5.74, 6) is -0.855. The molecule has 1 amide bonds. The molecule has 1 atom stereocenters. The van der Waals surface area contributed by atoms with E-state index in [0.717, 1.165) is 0 Å². The number of amides is 1. The van der Waals surface area contributed by atoms with Crippen LogP contribution in [0.25, 0.3) is 0 Å². The van der Waals surface area contributed by atoms with Gasteiger partial charge in [-0.3, -0.25) is 4.79 Å². The molecule has 0 saturated heterocycles. The van der Waals surface area contributed by atoms with Gasteiger partial charge in [0.05, 0.1) is 18.2 Å². The molecule has 0 aliphatic heterocycles. The van der Waals surface area contributed by atoms with E-state index < -0.39 is 12.0 Å². The lowest BCUT2D eigenvalue weighted by molar-refractivity contribution is -0.138. The summed E-state index contributed by atoms with van der Waals surface area (Å²) in [7, 11) is 0. The third-order valence-corrected chi connectivity index (χ3v) is 3.65. The third kappa shape index (κ3) is 4.46. The van der Waals surface area contributed by atoms with E-state index in [1.54, 1.807) is 55.5 Å². The molecule has 0 bridgehead atoms. The first-order valence-electron chi connectivity index (χ1n) is 7.50. The lowest BCUT2D eigenvalue weighted by Crippen LogP contribution is -2.32. The average molecular weight is 344 g/mol. The molecule has 0 aliphatic carbocycles. The number of esters is 1. The second kappa shape index (κ2) is 8.31. The Kier molecular flexibility index (Phi) is 6.15. The Hall–Kier alpha value is -2.59. The summed E-state index contributed by atoms with van der Waals surface area (Å²) in [5, 5.41) is 3.39. The van der Waals surface area contributed by atoms with E-state index in [1.165, 1.54) is 0 Å². The average Bonchev–Trinajstić information content (AvgIpc) is 2.60. The Morgan fingerprint density at radius 2 is 1.75 bits per heavy atom. The number of hydrogen-bond acceptors (Lipinski definition) is 3. The minimum absolute atomic E-state index is 0.156. The zero-order valence-corrected chi connectivity index (χ0v) is 14.0. The fourth-order valence-electron chi connectivity index (χ4n) is 2.17. The number of hydrogen-bond donors (Lipinski definition) is 1. The maximum Gasteiger partial charge on any atom is 0.335 e. The van der Waals surface area contributed by atoms with Gasteiger partial charge in [0.2, 0.25) is 0 Å². The maximum atomic E-state index is 12.4. The Bertz CT molecular complexity index is 726. The molecular formula is C19H18ClNO3. The normalized spacial score (nSPS) is 11.4. The summed E-state index contributed by atoms with van der Waals surface area (Å²) in [5.41, 5.74) is 1.35. The van der Waals surface area contributed by atoms with Gasteiger partial charge in [-0.25, -0.2) is 4.79 Å². The fourth-order valence-corrected chi connectivity index (χ4v) is 2.30. The Morgan fingerprint density at radius 3 is 2.33 bits per heavy atom. The number of halogens is 1. The van der Waals surface area contributed by atoms with Crippen molar-refractivity contribution in [2.45, 2.75) is 13.0 Å². The number of carbonyl (C=O) groups excluding carboxylic acids is 2. The molecule has 2 rings (SSSR count). The SMILES string of the molecule is C=C(C(=O)OCC)C(NC(=O)c1ccccc1)c1ccc(Cl)cc1. The molecule has 2 aromatic carbocycles. The molecular weight excluding hydrogens is 326 g/mol. The predicted octanol–water partition coefficient (Wildman–Crippen LogP) is 3.93. The van der Waals surface area contributed by atoms with Gasteiger partial charge in [0, 0.05) is 10.6 Å². The van der Waals surface area contributed by atoms with Crippen LogP contribution in [0, 0.1) is 0 Å². The quantitative estimate of drug-likeness (QED) is 0.638. The first kappa shape index (κ1) is 17.8. The number of benzene rings is 2. The van der Waals surface area contributed by atoms with Crippen LogP contribution in [-0.4, -0.2) is 18.5 Å². The van der Waals surface area contributed by atoms with E-state index in [4.69, 9.17) is 16.3 Å². The zero-order chi connectivity index (χ0) is 17.5. The summed E-state index contributed by atoms with van der Waals surface area (Å²) in [6.07, 6.45) is 0. The van der Waals surface area contributed by atoms with E-state index >= 15 is 0 Å². The summed E-state index contributed by atoms with van der Waals surface area (Å²) in [4.78, 5) is 24.5. The van der Waals surface area contributed by atoms with Gasteiger partial charge in [-0.1, -0.05) is 48.5 Å². The molecule has 0 aliphatic rings. The van der Waals surface area contributed by atoms with Gasteiger partial charge in [-0.15, -0.1) is 0 Å². The van der Waals surface area contributed by atoms with Crippen LogP contribution in [0.3, 0.4) is 0 Å². The lowest BCUT2D eigenvalue weighted by atomic mass is 9.99. The molecule has 0 heterocycles. The van der Waals surface area contributed by atoms with Gasteiger partial charge in [-0.05, 0) is 36.8 Å². The van der Waals surface area contributed by atoms with Crippen LogP contribution in [0.1, 0.15) is 28.9 Å². The van der Waals surface area contributed by atoms with Crippen molar-refractivity contribution >= 4 is 23.5 Å². The number of rotatable bonds is 6. The van der Waals surface area contributed by atoms with Crippen molar-refractivity contribution in [2.75, 3.05) is 6.61 Å². The van der Waals surface area contributed by atoms with Crippen LogP contribution in [0.4, 0.5) is 0 Å². The summed E-state index contributed by atoms with van der Waals surface area (Å²) in [6.45, 7) is 5.74. The summed E-state index contributed by atoms with van der Waals surface area (Å²) in [6, 6.07) is 14.9. The Morgan fingerprint density at radius 1 is 1.12 bits per heavy atom. The van der Waals surface area contributed by atoms with E-state index in [9.17, 15) is 9.59 Å². The standard InChI is InChI=1S/C19H18ClNO3/c1-3-24-19(23)13(2)17(14-9-11-16(20)12-10-14)21-18(22)15-7-5-4-6-8-15/h4-12,17H,2-3H2,1H3,(H,21,22). The number of nitrogens with one attached hydrogen (secondary N) is 1. The monoisotopic (exact) mass is 343 g/mol. The number of ether oxygens (including phenoxy) is 1. The van der Waals surface area contributed by atoms with Gasteiger partial charge in [0.25, 0.3) is 5.91 Å². The Labute approximate surface area is 146 Å². The predicted molar refractivity (Wildman–Crippen MR) is 93.9 cm³/mol. The topological polar surface area (TPSA) is 55.4 Å². The third-order valence-electron chi connectivity index (χ3n) is 3.40. The first-order valence-corrected chi connectivity index (χ1v) is 7.88. The van der Waals surface area contributed by atoms with Crippen molar-refractivity contribution in [1.82, 2.24) is 5.32 Å². The molecule has 0 radical (unpaired) electrons. The smallest absolute Gasteiger partial charge is 0.335 e. The van der Waals surface area contributed by atoms with Crippen molar-refractivity contribution < 1.29 is 14.3 Å². The minimum Gasteiger partial charge on any atom is -0.463 e. The minimum atomic E-state index is -0.700. The molecule has 0 fully saturated rings. The highest BCUT2D eigenvalue weighted by molar-refractivity contribution is 6.30. The summed E-state index contributed by atoms with van der Waals surface area (Å²) < 4.78 is 5.00. The molecule has 124 valence electrons. The highest BCUT2D eigenvalue weighted by Gasteiger charge is 2.24. The van der Waals surface area contributed by atoms with E-state index in [-0.39, 0.29) is 18.1 Å². The van der Waals surface area contributed by atoms with E-state index in [1.807, 2.05) is 6.07 Å². The fraction of sp³-hybridized carbons (Fsp3) is 0.158. The van der Waals surface area contributed by atoms with Crippen LogP contribution in [-0.2, 0) is 9.53 Å². The van der Waals surface area contributed by atoms with Gasteiger partial charge in [0.15, 0.2) is 0 Å². The van der Waals surface area contributed by atoms with Gasteiger partial charge < -0.3 is 10.1 Å². The lowest BCUT2D eigenvalue weighted by Gasteiger charge is -2.21. The van der Waals surface area contributed by atoms with Crippen molar-refractivity contribution in [3.63, 3.8) is 0 Å². The number of carbonyl (C=O) groups is 2. The molecule has 5 heteroatoms. The van der Waals surface area contributed by atoms with Crippen LogP contribution >= 0.6 is 11.6 Å². The molecule has 4 nitrogen and oxygen atoms in total. The molecule has 24 heavy (non-hydrogen) atoms. The van der Waals surface area contributed by atoms with Gasteiger partial charge in [0.1, 0.15) is 0 Å². The first-order chi connectivity index (χ1) is 11.5. The zero-order valence-electron chi connectivity index (χ0n) is 13.3. The summed E-state index contributed by atoms with van der Waals surface area (Å²) >= 11 is 5.91. The highest BCUT2D eigenvalue weighted by Crippen LogP contribution is 2.24. The molecule has 0 spiro atoms.